The third-order valence-electron chi connectivity index (χ3n) is 3.44. The van der Waals surface area contributed by atoms with Gasteiger partial charge in [-0.2, -0.15) is 5.10 Å². The summed E-state index contributed by atoms with van der Waals surface area (Å²) in [6.07, 6.45) is 1.88. The topological polar surface area (TPSA) is 27.1 Å². The number of fused-ring (bicyclic) bond motifs is 1. The van der Waals surface area contributed by atoms with Gasteiger partial charge in [0, 0.05) is 36.0 Å². The maximum atomic E-state index is 5.82. The summed E-state index contributed by atoms with van der Waals surface area (Å²) in [7, 11) is -1.05. The molecule has 0 aliphatic carbocycles. The van der Waals surface area contributed by atoms with Crippen LogP contribution in [0.25, 0.3) is 10.9 Å². The van der Waals surface area contributed by atoms with E-state index in [1.54, 1.807) is 0 Å². The van der Waals surface area contributed by atoms with E-state index in [0.717, 1.165) is 27.5 Å². The summed E-state index contributed by atoms with van der Waals surface area (Å²) < 4.78 is 8.74. The van der Waals surface area contributed by atoms with Gasteiger partial charge in [-0.15, -0.1) is 0 Å². The van der Waals surface area contributed by atoms with Crippen molar-refractivity contribution in [1.82, 2.24) is 9.78 Å². The highest BCUT2D eigenvalue weighted by Gasteiger charge is 2.12. The first-order chi connectivity index (χ1) is 10.8. The summed E-state index contributed by atoms with van der Waals surface area (Å²) in [6.45, 7) is 12.6. The Morgan fingerprint density at radius 3 is 2.70 bits per heavy atom. The van der Waals surface area contributed by atoms with Crippen molar-refractivity contribution < 1.29 is 4.74 Å². The quantitative estimate of drug-likeness (QED) is 0.401. The Kier molecular flexibility index (Phi) is 6.07. The van der Waals surface area contributed by atoms with Gasteiger partial charge in [0.1, 0.15) is 6.73 Å². The van der Waals surface area contributed by atoms with Crippen LogP contribution in [-0.4, -0.2) is 24.5 Å². The molecule has 0 N–H and O–H groups in total. The van der Waals surface area contributed by atoms with Crippen molar-refractivity contribution in [2.45, 2.75) is 46.3 Å². The molecule has 1 aromatic heterocycles. The average molecular weight is 393 g/mol. The van der Waals surface area contributed by atoms with Gasteiger partial charge in [-0.3, -0.25) is 0 Å². The smallest absolute Gasteiger partial charge is 0.139 e. The van der Waals surface area contributed by atoms with Crippen molar-refractivity contribution in [3.8, 4) is 11.8 Å². The zero-order valence-electron chi connectivity index (χ0n) is 14.6. The fraction of sp³-hybridized carbons (Fsp3) is 0.500. The summed E-state index contributed by atoms with van der Waals surface area (Å²) in [5.74, 6) is 6.80. The van der Waals surface area contributed by atoms with Crippen LogP contribution in [0.5, 0.6) is 0 Å². The second-order valence-corrected chi connectivity index (χ2v) is 13.8. The number of benzene rings is 1. The molecule has 0 aliphatic rings. The van der Waals surface area contributed by atoms with E-state index in [9.17, 15) is 0 Å². The Morgan fingerprint density at radius 2 is 2.04 bits per heavy atom. The number of rotatable bonds is 5. The first kappa shape index (κ1) is 18.2. The molecule has 0 aliphatic heterocycles. The molecular formula is C18H25BrN2OSi. The van der Waals surface area contributed by atoms with Gasteiger partial charge in [-0.05, 0) is 34.1 Å². The maximum Gasteiger partial charge on any atom is 0.139 e. The summed E-state index contributed by atoms with van der Waals surface area (Å²) in [5.41, 5.74) is 2.06. The van der Waals surface area contributed by atoms with Gasteiger partial charge >= 0.3 is 0 Å². The molecule has 1 heterocycles. The van der Waals surface area contributed by atoms with E-state index in [0.29, 0.717) is 12.6 Å². The molecular weight excluding hydrogens is 368 g/mol. The van der Waals surface area contributed by atoms with Crippen LogP contribution in [0.4, 0.5) is 0 Å². The van der Waals surface area contributed by atoms with Crippen molar-refractivity contribution in [2.24, 2.45) is 5.92 Å². The van der Waals surface area contributed by atoms with E-state index < -0.39 is 8.07 Å². The Labute approximate surface area is 148 Å². The molecule has 5 heteroatoms. The Balaban J connectivity index is 2.16. The second-order valence-electron chi connectivity index (χ2n) is 7.31. The van der Waals surface area contributed by atoms with Crippen LogP contribution in [0.1, 0.15) is 19.4 Å². The van der Waals surface area contributed by atoms with Crippen LogP contribution in [-0.2, 0) is 11.5 Å². The van der Waals surface area contributed by atoms with Crippen LogP contribution in [0.3, 0.4) is 0 Å². The summed E-state index contributed by atoms with van der Waals surface area (Å²) >= 11 is 3.60. The summed E-state index contributed by atoms with van der Waals surface area (Å²) in [4.78, 5) is 0. The lowest BCUT2D eigenvalue weighted by atomic mass is 10.1. The van der Waals surface area contributed by atoms with Gasteiger partial charge in [0.15, 0.2) is 0 Å². The lowest BCUT2D eigenvalue weighted by Crippen LogP contribution is -2.22. The molecule has 124 valence electrons. The highest BCUT2D eigenvalue weighted by Crippen LogP contribution is 2.24. The molecule has 0 amide bonds. The minimum Gasteiger partial charge on any atom is -0.360 e. The molecule has 0 radical (unpaired) electrons. The standard InChI is InChI=1S/C18H25BrN2OSi/c1-14(2)6-7-15-11-18-16(10-17(15)19)12-20-21(18)13-22-8-9-23(3,4)5/h10-12,14H,8-9,13H2,1-5H3. The molecule has 0 saturated carbocycles. The molecule has 3 nitrogen and oxygen atoms in total. The molecule has 1 aromatic carbocycles. The third-order valence-corrected chi connectivity index (χ3v) is 5.80. The fourth-order valence-electron chi connectivity index (χ4n) is 2.05. The largest absolute Gasteiger partial charge is 0.360 e. The zero-order chi connectivity index (χ0) is 17.0. The van der Waals surface area contributed by atoms with Gasteiger partial charge in [-0.1, -0.05) is 45.3 Å². The van der Waals surface area contributed by atoms with E-state index in [-0.39, 0.29) is 0 Å². The number of ether oxygens (including phenoxy) is 1. The first-order valence-electron chi connectivity index (χ1n) is 8.00. The van der Waals surface area contributed by atoms with Crippen molar-refractivity contribution in [3.05, 3.63) is 28.4 Å². The van der Waals surface area contributed by atoms with Gasteiger partial charge in [0.25, 0.3) is 0 Å². The van der Waals surface area contributed by atoms with Crippen LogP contribution >= 0.6 is 15.9 Å². The van der Waals surface area contributed by atoms with Crippen molar-refractivity contribution in [2.75, 3.05) is 6.61 Å². The number of hydrogen-bond acceptors (Lipinski definition) is 2. The third kappa shape index (κ3) is 5.49. The minimum atomic E-state index is -1.05. The molecule has 0 spiro atoms. The number of aromatic nitrogens is 2. The van der Waals surface area contributed by atoms with Gasteiger partial charge < -0.3 is 4.74 Å². The molecule has 2 rings (SSSR count). The molecule has 0 bridgehead atoms. The normalized spacial score (nSPS) is 11.8. The number of nitrogens with zero attached hydrogens (tertiary/aromatic N) is 2. The Morgan fingerprint density at radius 1 is 1.30 bits per heavy atom. The van der Waals surface area contributed by atoms with Gasteiger partial charge in [0.05, 0.1) is 11.7 Å². The zero-order valence-corrected chi connectivity index (χ0v) is 17.2. The van der Waals surface area contributed by atoms with E-state index in [1.165, 1.54) is 6.04 Å². The monoisotopic (exact) mass is 392 g/mol. The Bertz CT molecular complexity index is 735. The van der Waals surface area contributed by atoms with Crippen LogP contribution in [0, 0.1) is 17.8 Å². The van der Waals surface area contributed by atoms with Crippen molar-refractivity contribution in [1.29, 1.82) is 0 Å². The fourth-order valence-corrected chi connectivity index (χ4v) is 3.27. The lowest BCUT2D eigenvalue weighted by Gasteiger charge is -2.15. The molecule has 0 saturated heterocycles. The molecule has 23 heavy (non-hydrogen) atoms. The van der Waals surface area contributed by atoms with Crippen LogP contribution in [0.15, 0.2) is 22.8 Å². The van der Waals surface area contributed by atoms with E-state index in [4.69, 9.17) is 4.74 Å². The maximum absolute atomic E-state index is 5.82. The first-order valence-corrected chi connectivity index (χ1v) is 12.5. The second kappa shape index (κ2) is 7.65. The lowest BCUT2D eigenvalue weighted by molar-refractivity contribution is 0.0817. The van der Waals surface area contributed by atoms with Crippen molar-refractivity contribution >= 4 is 34.9 Å². The predicted octanol–water partition coefficient (Wildman–Crippen LogP) is 5.12. The van der Waals surface area contributed by atoms with E-state index in [2.05, 4.69) is 78.5 Å². The van der Waals surface area contributed by atoms with Crippen molar-refractivity contribution in [3.63, 3.8) is 0 Å². The average Bonchev–Trinajstić information content (AvgIpc) is 2.82. The van der Waals surface area contributed by atoms with E-state index in [1.807, 2.05) is 10.9 Å². The highest BCUT2D eigenvalue weighted by atomic mass is 79.9. The van der Waals surface area contributed by atoms with Gasteiger partial charge in [0.2, 0.25) is 0 Å². The molecule has 2 aromatic rings. The van der Waals surface area contributed by atoms with Gasteiger partial charge in [-0.25, -0.2) is 4.68 Å². The summed E-state index contributed by atoms with van der Waals surface area (Å²) in [5, 5.41) is 5.54. The number of halogens is 1. The highest BCUT2D eigenvalue weighted by molar-refractivity contribution is 9.10. The van der Waals surface area contributed by atoms with Crippen LogP contribution < -0.4 is 0 Å². The minimum absolute atomic E-state index is 0.354. The molecule has 0 atom stereocenters. The number of hydrogen-bond donors (Lipinski definition) is 0. The summed E-state index contributed by atoms with van der Waals surface area (Å²) in [6, 6.07) is 5.33. The predicted molar refractivity (Wildman–Crippen MR) is 103 cm³/mol. The molecule has 0 fully saturated rings. The Hall–Kier alpha value is -1.09. The van der Waals surface area contributed by atoms with Crippen LogP contribution in [0.2, 0.25) is 25.7 Å². The SMILES string of the molecule is CC(C)C#Cc1cc2c(cnn2COCC[Si](C)(C)C)cc1Br. The molecule has 0 unspecified atom stereocenters. The van der Waals surface area contributed by atoms with E-state index >= 15 is 0 Å².